The number of hydrogen-bond acceptors (Lipinski definition) is 6. The Bertz CT molecular complexity index is 588. The standard InChI is InChI=1S/C15H18N4O2/c1-2-11-20-13-5-3-12(4-6-13)14-17-15(21-18-14)19-9-7-16-8-10-19/h2-6,16H,1,7-11H2. The van der Waals surface area contributed by atoms with Gasteiger partial charge in [0.05, 0.1) is 0 Å². The second-order valence-corrected chi connectivity index (χ2v) is 4.76. The number of nitrogens with one attached hydrogen (secondary N) is 1. The molecule has 0 aliphatic carbocycles. The van der Waals surface area contributed by atoms with E-state index < -0.39 is 0 Å². The quantitative estimate of drug-likeness (QED) is 0.844. The molecule has 2 heterocycles. The Balaban J connectivity index is 1.71. The fourth-order valence-corrected chi connectivity index (χ4v) is 2.17. The van der Waals surface area contributed by atoms with Crippen molar-refractivity contribution < 1.29 is 9.26 Å². The van der Waals surface area contributed by atoms with E-state index in [2.05, 4.69) is 26.9 Å². The van der Waals surface area contributed by atoms with Gasteiger partial charge in [-0.1, -0.05) is 17.8 Å². The summed E-state index contributed by atoms with van der Waals surface area (Å²) in [4.78, 5) is 6.55. The number of anilines is 1. The summed E-state index contributed by atoms with van der Waals surface area (Å²) in [6, 6.07) is 8.20. The second kappa shape index (κ2) is 6.41. The van der Waals surface area contributed by atoms with Crippen molar-refractivity contribution in [1.29, 1.82) is 0 Å². The molecular formula is C15H18N4O2. The zero-order chi connectivity index (χ0) is 14.5. The van der Waals surface area contributed by atoms with Crippen LogP contribution in [0.1, 0.15) is 0 Å². The molecule has 1 aromatic carbocycles. The average Bonchev–Trinajstić information content (AvgIpc) is 3.04. The van der Waals surface area contributed by atoms with Crippen molar-refractivity contribution in [1.82, 2.24) is 15.5 Å². The summed E-state index contributed by atoms with van der Waals surface area (Å²) in [7, 11) is 0. The largest absolute Gasteiger partial charge is 0.490 e. The lowest BCUT2D eigenvalue weighted by molar-refractivity contribution is 0.363. The first-order valence-corrected chi connectivity index (χ1v) is 7.00. The summed E-state index contributed by atoms with van der Waals surface area (Å²) in [6.45, 7) is 7.76. The molecule has 0 amide bonds. The molecule has 0 spiro atoms. The molecule has 6 nitrogen and oxygen atoms in total. The van der Waals surface area contributed by atoms with Crippen LogP contribution in [0.3, 0.4) is 0 Å². The smallest absolute Gasteiger partial charge is 0.324 e. The minimum Gasteiger partial charge on any atom is -0.490 e. The molecule has 1 aliphatic heterocycles. The lowest BCUT2D eigenvalue weighted by atomic mass is 10.2. The molecule has 1 aromatic heterocycles. The van der Waals surface area contributed by atoms with Crippen molar-refractivity contribution >= 4 is 6.01 Å². The maximum atomic E-state index is 5.45. The predicted octanol–water partition coefficient (Wildman–Crippen LogP) is 1.71. The first-order chi connectivity index (χ1) is 10.4. The maximum Gasteiger partial charge on any atom is 0.324 e. The van der Waals surface area contributed by atoms with Crippen LogP contribution in [0.2, 0.25) is 0 Å². The SMILES string of the molecule is C=CCOc1ccc(-c2noc(N3CCNCC3)n2)cc1. The molecule has 0 radical (unpaired) electrons. The summed E-state index contributed by atoms with van der Waals surface area (Å²) in [5.41, 5.74) is 0.908. The summed E-state index contributed by atoms with van der Waals surface area (Å²) in [5, 5.41) is 7.34. The zero-order valence-electron chi connectivity index (χ0n) is 11.8. The van der Waals surface area contributed by atoms with Gasteiger partial charge < -0.3 is 19.5 Å². The highest BCUT2D eigenvalue weighted by Crippen LogP contribution is 2.22. The monoisotopic (exact) mass is 286 g/mol. The van der Waals surface area contributed by atoms with Gasteiger partial charge in [-0.15, -0.1) is 0 Å². The Morgan fingerprint density at radius 1 is 1.29 bits per heavy atom. The lowest BCUT2D eigenvalue weighted by Crippen LogP contribution is -2.43. The van der Waals surface area contributed by atoms with Gasteiger partial charge in [0.1, 0.15) is 12.4 Å². The minimum atomic E-state index is 0.495. The van der Waals surface area contributed by atoms with E-state index in [-0.39, 0.29) is 0 Å². The Morgan fingerprint density at radius 3 is 2.76 bits per heavy atom. The number of rotatable bonds is 5. The predicted molar refractivity (Wildman–Crippen MR) is 80.5 cm³/mol. The highest BCUT2D eigenvalue weighted by atomic mass is 16.5. The molecule has 1 saturated heterocycles. The van der Waals surface area contributed by atoms with Gasteiger partial charge in [0, 0.05) is 31.7 Å². The fraction of sp³-hybridized carbons (Fsp3) is 0.333. The van der Waals surface area contributed by atoms with Gasteiger partial charge >= 0.3 is 6.01 Å². The number of ether oxygens (including phenoxy) is 1. The maximum absolute atomic E-state index is 5.45. The van der Waals surface area contributed by atoms with Crippen LogP contribution in [-0.2, 0) is 0 Å². The summed E-state index contributed by atoms with van der Waals surface area (Å²) < 4.78 is 10.8. The van der Waals surface area contributed by atoms with Crippen LogP contribution in [0.5, 0.6) is 5.75 Å². The van der Waals surface area contributed by atoms with Gasteiger partial charge in [-0.25, -0.2) is 0 Å². The second-order valence-electron chi connectivity index (χ2n) is 4.76. The number of benzene rings is 1. The third-order valence-electron chi connectivity index (χ3n) is 3.28. The van der Waals surface area contributed by atoms with E-state index in [1.54, 1.807) is 6.08 Å². The van der Waals surface area contributed by atoms with Crippen LogP contribution >= 0.6 is 0 Å². The van der Waals surface area contributed by atoms with Crippen molar-refractivity contribution in [2.45, 2.75) is 0 Å². The lowest BCUT2D eigenvalue weighted by Gasteiger charge is -2.24. The number of aromatic nitrogens is 2. The van der Waals surface area contributed by atoms with E-state index in [1.165, 1.54) is 0 Å². The molecule has 1 N–H and O–H groups in total. The van der Waals surface area contributed by atoms with E-state index >= 15 is 0 Å². The van der Waals surface area contributed by atoms with Gasteiger partial charge in [0.2, 0.25) is 5.82 Å². The Labute approximate surface area is 123 Å². The average molecular weight is 286 g/mol. The van der Waals surface area contributed by atoms with Crippen molar-refractivity contribution in [2.75, 3.05) is 37.7 Å². The van der Waals surface area contributed by atoms with Gasteiger partial charge in [0.25, 0.3) is 0 Å². The van der Waals surface area contributed by atoms with E-state index in [1.807, 2.05) is 24.3 Å². The van der Waals surface area contributed by atoms with Crippen LogP contribution < -0.4 is 15.0 Å². The third-order valence-corrected chi connectivity index (χ3v) is 3.28. The zero-order valence-corrected chi connectivity index (χ0v) is 11.8. The molecule has 0 bridgehead atoms. The molecular weight excluding hydrogens is 268 g/mol. The summed E-state index contributed by atoms with van der Waals surface area (Å²) in [5.74, 6) is 1.39. The molecule has 0 unspecified atom stereocenters. The molecule has 110 valence electrons. The Morgan fingerprint density at radius 2 is 2.05 bits per heavy atom. The van der Waals surface area contributed by atoms with Crippen LogP contribution in [0.25, 0.3) is 11.4 Å². The molecule has 1 aliphatic rings. The molecule has 3 rings (SSSR count). The highest BCUT2D eigenvalue weighted by molar-refractivity contribution is 5.57. The van der Waals surface area contributed by atoms with Gasteiger partial charge in [-0.05, 0) is 24.3 Å². The topological polar surface area (TPSA) is 63.4 Å². The third kappa shape index (κ3) is 3.22. The number of hydrogen-bond donors (Lipinski definition) is 1. The summed E-state index contributed by atoms with van der Waals surface area (Å²) >= 11 is 0. The summed E-state index contributed by atoms with van der Waals surface area (Å²) in [6.07, 6.45) is 1.72. The van der Waals surface area contributed by atoms with E-state index in [4.69, 9.17) is 9.26 Å². The molecule has 21 heavy (non-hydrogen) atoms. The number of nitrogens with zero attached hydrogens (tertiary/aromatic N) is 3. The number of piperazine rings is 1. The molecule has 0 atom stereocenters. The van der Waals surface area contributed by atoms with Crippen LogP contribution in [0.4, 0.5) is 6.01 Å². The Hall–Kier alpha value is -2.34. The highest BCUT2D eigenvalue weighted by Gasteiger charge is 2.17. The van der Waals surface area contributed by atoms with Crippen LogP contribution in [-0.4, -0.2) is 42.9 Å². The normalized spacial score (nSPS) is 15.0. The van der Waals surface area contributed by atoms with E-state index in [9.17, 15) is 0 Å². The van der Waals surface area contributed by atoms with Crippen molar-refractivity contribution in [3.8, 4) is 17.1 Å². The van der Waals surface area contributed by atoms with Crippen molar-refractivity contribution in [3.63, 3.8) is 0 Å². The first-order valence-electron chi connectivity index (χ1n) is 7.00. The molecule has 0 saturated carbocycles. The molecule has 1 fully saturated rings. The van der Waals surface area contributed by atoms with Crippen LogP contribution in [0.15, 0.2) is 41.4 Å². The van der Waals surface area contributed by atoms with Gasteiger partial charge in [0.15, 0.2) is 0 Å². The fourth-order valence-electron chi connectivity index (χ4n) is 2.17. The van der Waals surface area contributed by atoms with Crippen LogP contribution in [0, 0.1) is 0 Å². The van der Waals surface area contributed by atoms with Gasteiger partial charge in [-0.3, -0.25) is 0 Å². The van der Waals surface area contributed by atoms with Crippen molar-refractivity contribution in [3.05, 3.63) is 36.9 Å². The molecule has 6 heteroatoms. The van der Waals surface area contributed by atoms with E-state index in [0.717, 1.165) is 37.5 Å². The Kier molecular flexibility index (Phi) is 4.16. The van der Waals surface area contributed by atoms with Crippen molar-refractivity contribution in [2.24, 2.45) is 0 Å². The van der Waals surface area contributed by atoms with Gasteiger partial charge in [-0.2, -0.15) is 4.98 Å². The minimum absolute atomic E-state index is 0.495. The van der Waals surface area contributed by atoms with E-state index in [0.29, 0.717) is 18.4 Å². The molecule has 2 aromatic rings. The first kappa shape index (κ1) is 13.6.